The zero-order valence-corrected chi connectivity index (χ0v) is 11.8. The van der Waals surface area contributed by atoms with E-state index in [1.165, 1.54) is 4.68 Å². The molecule has 3 aromatic rings. The Labute approximate surface area is 121 Å². The van der Waals surface area contributed by atoms with Crippen LogP contribution in [0.3, 0.4) is 0 Å². The van der Waals surface area contributed by atoms with Crippen LogP contribution in [0.25, 0.3) is 22.4 Å². The normalized spacial score (nSPS) is 10.4. The van der Waals surface area contributed by atoms with E-state index in [0.29, 0.717) is 17.6 Å². The second-order valence-corrected chi connectivity index (χ2v) is 4.56. The summed E-state index contributed by atoms with van der Waals surface area (Å²) in [7, 11) is 1.64. The lowest BCUT2D eigenvalue weighted by Crippen LogP contribution is -2.39. The van der Waals surface area contributed by atoms with Gasteiger partial charge in [0, 0.05) is 19.4 Å². The van der Waals surface area contributed by atoms with Crippen molar-refractivity contribution >= 4 is 11.0 Å². The molecule has 0 saturated heterocycles. The van der Waals surface area contributed by atoms with Gasteiger partial charge in [-0.1, -0.05) is 5.92 Å². The minimum Gasteiger partial charge on any atom is -0.265 e. The van der Waals surface area contributed by atoms with E-state index in [-0.39, 0.29) is 5.56 Å². The molecule has 0 saturated carbocycles. The van der Waals surface area contributed by atoms with E-state index in [4.69, 9.17) is 0 Å². The summed E-state index contributed by atoms with van der Waals surface area (Å²) in [6, 6.07) is 3.77. The first-order valence-electron chi connectivity index (χ1n) is 6.50. The number of aromatic nitrogens is 5. The molecule has 6 nitrogen and oxygen atoms in total. The Bertz CT molecular complexity index is 912. The van der Waals surface area contributed by atoms with Crippen molar-refractivity contribution in [3.8, 4) is 23.2 Å². The molecule has 3 heterocycles. The van der Waals surface area contributed by atoms with Crippen LogP contribution >= 0.6 is 0 Å². The van der Waals surface area contributed by atoms with Crippen LogP contribution in [0.5, 0.6) is 0 Å². The minimum absolute atomic E-state index is 0.151. The van der Waals surface area contributed by atoms with Crippen LogP contribution in [0.15, 0.2) is 35.5 Å². The summed E-state index contributed by atoms with van der Waals surface area (Å²) in [6.45, 7) is 2.22. The molecule has 0 radical (unpaired) electrons. The predicted octanol–water partition coefficient (Wildman–Crippen LogP) is 0.634. The van der Waals surface area contributed by atoms with E-state index >= 15 is 0 Å². The molecule has 0 aliphatic rings. The molecule has 0 aliphatic carbocycles. The molecule has 0 atom stereocenters. The molecular weight excluding hydrogens is 266 g/mol. The van der Waals surface area contributed by atoms with E-state index < -0.39 is 0 Å². The molecule has 3 aromatic heterocycles. The van der Waals surface area contributed by atoms with Crippen molar-refractivity contribution < 1.29 is 4.57 Å². The minimum atomic E-state index is -0.151. The fourth-order valence-corrected chi connectivity index (χ4v) is 2.24. The number of imidazole rings is 1. The summed E-state index contributed by atoms with van der Waals surface area (Å²) in [5, 5.41) is 4.05. The van der Waals surface area contributed by atoms with E-state index in [9.17, 15) is 4.79 Å². The number of hydrogen-bond acceptors (Lipinski definition) is 3. The van der Waals surface area contributed by atoms with Gasteiger partial charge >= 0.3 is 5.56 Å². The standard InChI is InChI=1S/C15H13N5O/c1-3-4-9-20-13-12(10-17-19(2)15(13)21)18-14(20)11-5-7-16-8-6-11/h5-8,10H,9H2,1-2H3/p+1. The molecule has 0 spiro atoms. The van der Waals surface area contributed by atoms with Crippen LogP contribution in [0, 0.1) is 11.8 Å². The number of pyridine rings is 1. The third-order valence-corrected chi connectivity index (χ3v) is 3.27. The largest absolute Gasteiger partial charge is 0.318 e. The second-order valence-electron chi connectivity index (χ2n) is 4.56. The van der Waals surface area contributed by atoms with E-state index in [1.54, 1.807) is 32.6 Å². The Balaban J connectivity index is 2.36. The van der Waals surface area contributed by atoms with Gasteiger partial charge in [0.25, 0.3) is 5.82 Å². The SMILES string of the molecule is CC#CC[n+]1c(-c2ccncc2)[nH]c2cnn(C)c(=O)c21. The van der Waals surface area contributed by atoms with Crippen LogP contribution in [0.4, 0.5) is 0 Å². The molecule has 0 bridgehead atoms. The number of aromatic amines is 1. The van der Waals surface area contributed by atoms with Crippen molar-refractivity contribution in [1.82, 2.24) is 19.7 Å². The van der Waals surface area contributed by atoms with Gasteiger partial charge in [-0.05, 0) is 19.1 Å². The van der Waals surface area contributed by atoms with Crippen LogP contribution in [-0.2, 0) is 13.6 Å². The highest BCUT2D eigenvalue weighted by molar-refractivity contribution is 5.72. The molecule has 0 unspecified atom stereocenters. The summed E-state index contributed by atoms with van der Waals surface area (Å²) in [5.41, 5.74) is 2.06. The third kappa shape index (κ3) is 2.19. The van der Waals surface area contributed by atoms with Gasteiger partial charge in [-0.3, -0.25) is 9.78 Å². The number of nitrogens with zero attached hydrogens (tertiary/aromatic N) is 4. The highest BCUT2D eigenvalue weighted by Gasteiger charge is 2.23. The number of nitrogens with one attached hydrogen (secondary N) is 1. The number of hydrogen-bond donors (Lipinski definition) is 1. The Kier molecular flexibility index (Phi) is 3.24. The molecule has 0 aliphatic heterocycles. The lowest BCUT2D eigenvalue weighted by atomic mass is 10.2. The quantitative estimate of drug-likeness (QED) is 0.553. The van der Waals surface area contributed by atoms with Crippen molar-refractivity contribution in [3.05, 3.63) is 41.1 Å². The first-order valence-corrected chi connectivity index (χ1v) is 6.50. The lowest BCUT2D eigenvalue weighted by molar-refractivity contribution is -0.647. The Morgan fingerprint density at radius 1 is 1.38 bits per heavy atom. The number of fused-ring (bicyclic) bond motifs is 1. The zero-order chi connectivity index (χ0) is 14.8. The fraction of sp³-hybridized carbons (Fsp3) is 0.200. The summed E-state index contributed by atoms with van der Waals surface area (Å²) in [4.78, 5) is 19.6. The predicted molar refractivity (Wildman–Crippen MR) is 78.2 cm³/mol. The van der Waals surface area contributed by atoms with Crippen LogP contribution in [0.1, 0.15) is 6.92 Å². The van der Waals surface area contributed by atoms with E-state index in [2.05, 4.69) is 26.9 Å². The Morgan fingerprint density at radius 3 is 2.86 bits per heavy atom. The zero-order valence-electron chi connectivity index (χ0n) is 11.8. The van der Waals surface area contributed by atoms with E-state index in [1.807, 2.05) is 16.7 Å². The van der Waals surface area contributed by atoms with Gasteiger partial charge in [-0.2, -0.15) is 5.10 Å². The molecule has 1 N–H and O–H groups in total. The van der Waals surface area contributed by atoms with Crippen molar-refractivity contribution in [2.24, 2.45) is 7.05 Å². The van der Waals surface area contributed by atoms with Gasteiger partial charge in [0.1, 0.15) is 0 Å². The Hall–Kier alpha value is -2.94. The highest BCUT2D eigenvalue weighted by atomic mass is 16.1. The van der Waals surface area contributed by atoms with Crippen LogP contribution in [-0.4, -0.2) is 19.7 Å². The highest BCUT2D eigenvalue weighted by Crippen LogP contribution is 2.15. The van der Waals surface area contributed by atoms with Crippen LogP contribution in [0.2, 0.25) is 0 Å². The molecule has 21 heavy (non-hydrogen) atoms. The summed E-state index contributed by atoms with van der Waals surface area (Å²) in [5.74, 6) is 6.69. The molecule has 104 valence electrons. The summed E-state index contributed by atoms with van der Waals surface area (Å²) in [6.07, 6.45) is 5.08. The molecule has 0 fully saturated rings. The molecule has 6 heteroatoms. The smallest absolute Gasteiger partial charge is 0.265 e. The van der Waals surface area contributed by atoms with Crippen molar-refractivity contribution in [3.63, 3.8) is 0 Å². The van der Waals surface area contributed by atoms with Gasteiger partial charge in [0.2, 0.25) is 5.52 Å². The van der Waals surface area contributed by atoms with Crippen LogP contribution < -0.4 is 10.1 Å². The molecular formula is C15H14N5O+. The fourth-order valence-electron chi connectivity index (χ4n) is 2.24. The van der Waals surface area contributed by atoms with Gasteiger partial charge < -0.3 is 0 Å². The first kappa shape index (κ1) is 13.1. The van der Waals surface area contributed by atoms with Gasteiger partial charge in [0.15, 0.2) is 12.1 Å². The van der Waals surface area contributed by atoms with Crippen molar-refractivity contribution in [1.29, 1.82) is 0 Å². The Morgan fingerprint density at radius 2 is 2.14 bits per heavy atom. The maximum atomic E-state index is 12.4. The van der Waals surface area contributed by atoms with Gasteiger partial charge in [-0.15, -0.1) is 5.92 Å². The topological polar surface area (TPSA) is 67.5 Å². The lowest BCUT2D eigenvalue weighted by Gasteiger charge is -1.98. The maximum absolute atomic E-state index is 12.4. The summed E-state index contributed by atoms with van der Waals surface area (Å²) >= 11 is 0. The molecule has 0 amide bonds. The number of rotatable bonds is 2. The average Bonchev–Trinajstić information content (AvgIpc) is 2.89. The second kappa shape index (κ2) is 5.21. The first-order chi connectivity index (χ1) is 10.2. The number of H-pyrrole nitrogens is 1. The van der Waals surface area contributed by atoms with Crippen molar-refractivity contribution in [2.45, 2.75) is 13.5 Å². The summed E-state index contributed by atoms with van der Waals surface area (Å²) < 4.78 is 3.20. The number of aryl methyl sites for hydroxylation is 1. The van der Waals surface area contributed by atoms with Gasteiger partial charge in [0.05, 0.1) is 11.8 Å². The van der Waals surface area contributed by atoms with Crippen molar-refractivity contribution in [2.75, 3.05) is 0 Å². The third-order valence-electron chi connectivity index (χ3n) is 3.27. The molecule has 0 aromatic carbocycles. The van der Waals surface area contributed by atoms with E-state index in [0.717, 1.165) is 11.4 Å². The molecule has 3 rings (SSSR count). The average molecular weight is 280 g/mol. The maximum Gasteiger partial charge on any atom is 0.318 e. The van der Waals surface area contributed by atoms with Gasteiger partial charge in [-0.25, -0.2) is 14.2 Å². The monoisotopic (exact) mass is 280 g/mol.